The molecule has 1 aromatic heterocycles. The summed E-state index contributed by atoms with van der Waals surface area (Å²) in [4.78, 5) is 8.20. The standard InChI is InChI=1S/C13H23N3OS/c1-5-14-11(4)12-6-15-13(18-12)16-7-9(2)17-10(3)8-16/h6,9-11,14H,5,7-8H2,1-4H3. The Bertz CT molecular complexity index is 372. The van der Waals surface area contributed by atoms with Crippen LogP contribution in [0.5, 0.6) is 0 Å². The molecule has 4 nitrogen and oxygen atoms in total. The van der Waals surface area contributed by atoms with Crippen LogP contribution in [-0.2, 0) is 4.74 Å². The number of ether oxygens (including phenoxy) is 1. The van der Waals surface area contributed by atoms with Gasteiger partial charge in [0.1, 0.15) is 0 Å². The van der Waals surface area contributed by atoms with Crippen molar-refractivity contribution in [2.45, 2.75) is 45.9 Å². The SMILES string of the molecule is CCNC(C)c1cnc(N2CC(C)OC(C)C2)s1. The van der Waals surface area contributed by atoms with Crippen molar-refractivity contribution in [2.24, 2.45) is 0 Å². The molecule has 2 heterocycles. The molecule has 0 aliphatic carbocycles. The first-order valence-corrected chi connectivity index (χ1v) is 7.51. The van der Waals surface area contributed by atoms with Crippen LogP contribution in [0.15, 0.2) is 6.20 Å². The zero-order valence-electron chi connectivity index (χ0n) is 11.6. The Morgan fingerprint density at radius 3 is 2.78 bits per heavy atom. The molecule has 2 rings (SSSR count). The van der Waals surface area contributed by atoms with Crippen LogP contribution in [0.25, 0.3) is 0 Å². The van der Waals surface area contributed by atoms with Gasteiger partial charge in [-0.3, -0.25) is 0 Å². The number of rotatable bonds is 4. The first-order valence-electron chi connectivity index (χ1n) is 6.69. The maximum atomic E-state index is 5.75. The van der Waals surface area contributed by atoms with E-state index in [0.717, 1.165) is 24.8 Å². The number of aromatic nitrogens is 1. The molecular formula is C13H23N3OS. The summed E-state index contributed by atoms with van der Waals surface area (Å²) in [5.41, 5.74) is 0. The average molecular weight is 269 g/mol. The largest absolute Gasteiger partial charge is 0.372 e. The van der Waals surface area contributed by atoms with E-state index in [-0.39, 0.29) is 12.2 Å². The Morgan fingerprint density at radius 1 is 1.50 bits per heavy atom. The normalized spacial score (nSPS) is 26.3. The third-order valence-electron chi connectivity index (χ3n) is 3.14. The predicted octanol–water partition coefficient (Wildman–Crippen LogP) is 2.43. The lowest BCUT2D eigenvalue weighted by atomic mass is 10.2. The van der Waals surface area contributed by atoms with Gasteiger partial charge >= 0.3 is 0 Å². The highest BCUT2D eigenvalue weighted by Crippen LogP contribution is 2.29. The molecule has 0 saturated carbocycles. The van der Waals surface area contributed by atoms with Crippen LogP contribution in [0.4, 0.5) is 5.13 Å². The molecule has 1 saturated heterocycles. The summed E-state index contributed by atoms with van der Waals surface area (Å²) < 4.78 is 5.75. The summed E-state index contributed by atoms with van der Waals surface area (Å²) >= 11 is 1.79. The minimum Gasteiger partial charge on any atom is -0.372 e. The van der Waals surface area contributed by atoms with Gasteiger partial charge in [-0.05, 0) is 27.3 Å². The highest BCUT2D eigenvalue weighted by molar-refractivity contribution is 7.15. The number of hydrogen-bond acceptors (Lipinski definition) is 5. The van der Waals surface area contributed by atoms with Crippen molar-refractivity contribution in [1.29, 1.82) is 0 Å². The number of morpholine rings is 1. The second kappa shape index (κ2) is 5.99. The fourth-order valence-corrected chi connectivity index (χ4v) is 3.32. The van der Waals surface area contributed by atoms with Gasteiger partial charge in [0, 0.05) is 30.2 Å². The number of anilines is 1. The van der Waals surface area contributed by atoms with E-state index < -0.39 is 0 Å². The number of nitrogens with zero attached hydrogens (tertiary/aromatic N) is 2. The van der Waals surface area contributed by atoms with Crippen LogP contribution in [0.1, 0.15) is 38.6 Å². The monoisotopic (exact) mass is 269 g/mol. The van der Waals surface area contributed by atoms with E-state index in [9.17, 15) is 0 Å². The minimum atomic E-state index is 0.285. The summed E-state index contributed by atoms with van der Waals surface area (Å²) in [6, 6.07) is 0.386. The Labute approximate surface area is 113 Å². The summed E-state index contributed by atoms with van der Waals surface area (Å²) in [5, 5.41) is 4.54. The van der Waals surface area contributed by atoms with Crippen LogP contribution in [0.3, 0.4) is 0 Å². The number of nitrogens with one attached hydrogen (secondary N) is 1. The van der Waals surface area contributed by atoms with E-state index in [0.29, 0.717) is 6.04 Å². The fourth-order valence-electron chi connectivity index (χ4n) is 2.36. The molecule has 0 aromatic carbocycles. The maximum Gasteiger partial charge on any atom is 0.185 e. The third kappa shape index (κ3) is 3.22. The van der Waals surface area contributed by atoms with Crippen molar-refractivity contribution in [1.82, 2.24) is 10.3 Å². The van der Waals surface area contributed by atoms with Gasteiger partial charge in [0.15, 0.2) is 5.13 Å². The third-order valence-corrected chi connectivity index (χ3v) is 4.38. The number of thiazole rings is 1. The second-order valence-electron chi connectivity index (χ2n) is 4.99. The molecule has 5 heteroatoms. The Hall–Kier alpha value is -0.650. The van der Waals surface area contributed by atoms with Crippen LogP contribution < -0.4 is 10.2 Å². The molecule has 0 spiro atoms. The van der Waals surface area contributed by atoms with E-state index in [1.54, 1.807) is 11.3 Å². The molecule has 3 unspecified atom stereocenters. The van der Waals surface area contributed by atoms with Crippen LogP contribution >= 0.6 is 11.3 Å². The smallest absolute Gasteiger partial charge is 0.185 e. The zero-order valence-corrected chi connectivity index (χ0v) is 12.5. The lowest BCUT2D eigenvalue weighted by Gasteiger charge is -2.35. The van der Waals surface area contributed by atoms with Gasteiger partial charge in [-0.1, -0.05) is 6.92 Å². The van der Waals surface area contributed by atoms with Crippen molar-refractivity contribution in [3.05, 3.63) is 11.1 Å². The van der Waals surface area contributed by atoms with E-state index in [2.05, 4.69) is 42.9 Å². The van der Waals surface area contributed by atoms with E-state index in [1.165, 1.54) is 4.88 Å². The molecule has 0 amide bonds. The van der Waals surface area contributed by atoms with Gasteiger partial charge in [0.25, 0.3) is 0 Å². The molecule has 1 aromatic rings. The molecule has 0 bridgehead atoms. The summed E-state index contributed by atoms with van der Waals surface area (Å²) in [7, 11) is 0. The minimum absolute atomic E-state index is 0.285. The maximum absolute atomic E-state index is 5.75. The second-order valence-corrected chi connectivity index (χ2v) is 6.03. The van der Waals surface area contributed by atoms with Gasteiger partial charge in [-0.15, -0.1) is 11.3 Å². The Balaban J connectivity index is 2.05. The Morgan fingerprint density at radius 2 is 2.17 bits per heavy atom. The van der Waals surface area contributed by atoms with E-state index >= 15 is 0 Å². The van der Waals surface area contributed by atoms with Crippen molar-refractivity contribution in [2.75, 3.05) is 24.5 Å². The van der Waals surface area contributed by atoms with Crippen molar-refractivity contribution < 1.29 is 4.74 Å². The highest BCUT2D eigenvalue weighted by Gasteiger charge is 2.24. The van der Waals surface area contributed by atoms with Crippen LogP contribution in [0.2, 0.25) is 0 Å². The van der Waals surface area contributed by atoms with Crippen molar-refractivity contribution >= 4 is 16.5 Å². The molecule has 1 aliphatic rings. The molecule has 1 fully saturated rings. The summed E-state index contributed by atoms with van der Waals surface area (Å²) in [5.74, 6) is 0. The topological polar surface area (TPSA) is 37.4 Å². The van der Waals surface area contributed by atoms with Crippen molar-refractivity contribution in [3.8, 4) is 0 Å². The summed E-state index contributed by atoms with van der Waals surface area (Å²) in [6.45, 7) is 11.4. The lowest BCUT2D eigenvalue weighted by molar-refractivity contribution is -0.00522. The van der Waals surface area contributed by atoms with E-state index in [4.69, 9.17) is 4.74 Å². The first kappa shape index (κ1) is 13.8. The van der Waals surface area contributed by atoms with Crippen molar-refractivity contribution in [3.63, 3.8) is 0 Å². The highest BCUT2D eigenvalue weighted by atomic mass is 32.1. The molecular weight excluding hydrogens is 246 g/mol. The molecule has 18 heavy (non-hydrogen) atoms. The Kier molecular flexibility index (Phi) is 4.59. The molecule has 1 N–H and O–H groups in total. The van der Waals surface area contributed by atoms with Crippen LogP contribution in [0, 0.1) is 0 Å². The lowest BCUT2D eigenvalue weighted by Crippen LogP contribution is -2.45. The quantitative estimate of drug-likeness (QED) is 0.911. The zero-order chi connectivity index (χ0) is 13.1. The predicted molar refractivity (Wildman–Crippen MR) is 76.4 cm³/mol. The van der Waals surface area contributed by atoms with E-state index in [1.807, 2.05) is 6.20 Å². The van der Waals surface area contributed by atoms with Crippen LogP contribution in [-0.4, -0.2) is 36.8 Å². The average Bonchev–Trinajstić information content (AvgIpc) is 2.77. The molecule has 3 atom stereocenters. The molecule has 102 valence electrons. The van der Waals surface area contributed by atoms with Gasteiger partial charge in [0.2, 0.25) is 0 Å². The first-order chi connectivity index (χ1) is 8.60. The fraction of sp³-hybridized carbons (Fsp3) is 0.769. The molecule has 0 radical (unpaired) electrons. The van der Waals surface area contributed by atoms with Gasteiger partial charge < -0.3 is 15.0 Å². The van der Waals surface area contributed by atoms with Gasteiger partial charge in [-0.25, -0.2) is 4.98 Å². The van der Waals surface area contributed by atoms with Gasteiger partial charge in [-0.2, -0.15) is 0 Å². The summed E-state index contributed by atoms with van der Waals surface area (Å²) in [6.07, 6.45) is 2.57. The van der Waals surface area contributed by atoms with Gasteiger partial charge in [0.05, 0.1) is 12.2 Å². The number of hydrogen-bond donors (Lipinski definition) is 1. The molecule has 1 aliphatic heterocycles.